The van der Waals surface area contributed by atoms with Crippen molar-refractivity contribution in [1.29, 1.82) is 0 Å². The van der Waals surface area contributed by atoms with Crippen molar-refractivity contribution < 1.29 is 24.2 Å². The number of carbonyl (C=O) groups is 2. The maximum absolute atomic E-state index is 14.1. The molecule has 0 radical (unpaired) electrons. The summed E-state index contributed by atoms with van der Waals surface area (Å²) in [6.45, 7) is 7.83. The highest BCUT2D eigenvalue weighted by molar-refractivity contribution is 6.16. The number of nitrogens with zero attached hydrogens (tertiary/aromatic N) is 4. The number of ketones is 1. The van der Waals surface area contributed by atoms with Gasteiger partial charge in [-0.05, 0) is 73.9 Å². The standard InChI is InChI=1S/C41H46N4O5.ClH/c1-30-11-8-12-32(27-30)42(2)36-19-18-31(41(48)34-29-45(21-9-17-40(46)47)35-14-5-4-13-33(34)35)28-39(36)50-26-10-20-43-22-24-44(25-23-43)37-15-6-7-16-38(37)49-3;/h4-8,11-16,18-19,27-29H,9-10,17,20-26H2,1-3H3,(H,46,47);1H. The summed E-state index contributed by atoms with van der Waals surface area (Å²) in [6.07, 6.45) is 3.27. The molecule has 2 heterocycles. The third-order valence-corrected chi connectivity index (χ3v) is 9.47. The summed E-state index contributed by atoms with van der Waals surface area (Å²) in [5.74, 6) is 0.641. The SMILES string of the molecule is COc1ccccc1N1CCN(CCCOc2cc(C(=O)c3cn(CCCC(=O)O)c4ccccc34)ccc2N(C)c2cccc(C)c2)CC1.Cl. The lowest BCUT2D eigenvalue weighted by Gasteiger charge is -2.36. The van der Waals surface area contributed by atoms with Gasteiger partial charge in [0.05, 0.1) is 25.1 Å². The van der Waals surface area contributed by atoms with E-state index in [1.165, 1.54) is 0 Å². The molecule has 0 saturated carbocycles. The van der Waals surface area contributed by atoms with Crippen molar-refractivity contribution in [3.05, 3.63) is 114 Å². The Morgan fingerprint density at radius 1 is 0.843 bits per heavy atom. The van der Waals surface area contributed by atoms with Crippen molar-refractivity contribution in [3.8, 4) is 11.5 Å². The van der Waals surface area contributed by atoms with Crippen LogP contribution >= 0.6 is 12.4 Å². The fourth-order valence-corrected chi connectivity index (χ4v) is 6.77. The monoisotopic (exact) mass is 710 g/mol. The lowest BCUT2D eigenvalue weighted by atomic mass is 10.0. The number of aryl methyl sites for hydroxylation is 2. The number of aliphatic carboxylic acids is 1. The van der Waals surface area contributed by atoms with Crippen LogP contribution in [0.1, 0.15) is 40.7 Å². The quantitative estimate of drug-likeness (QED) is 0.0869. The first-order chi connectivity index (χ1) is 24.3. The predicted octanol–water partition coefficient (Wildman–Crippen LogP) is 7.83. The van der Waals surface area contributed by atoms with Crippen LogP contribution in [-0.2, 0) is 11.3 Å². The Kier molecular flexibility index (Phi) is 12.6. The summed E-state index contributed by atoms with van der Waals surface area (Å²) in [5.41, 5.74) is 6.27. The van der Waals surface area contributed by atoms with Gasteiger partial charge < -0.3 is 28.9 Å². The van der Waals surface area contributed by atoms with Crippen LogP contribution < -0.4 is 19.3 Å². The molecule has 0 spiro atoms. The molecular formula is C41H47ClN4O5. The molecule has 1 aliphatic heterocycles. The van der Waals surface area contributed by atoms with E-state index in [2.05, 4.69) is 52.0 Å². The summed E-state index contributed by atoms with van der Waals surface area (Å²) in [6, 6.07) is 30.0. The summed E-state index contributed by atoms with van der Waals surface area (Å²) < 4.78 is 14.1. The molecule has 0 atom stereocenters. The molecule has 0 aliphatic carbocycles. The normalized spacial score (nSPS) is 13.1. The molecule has 9 nitrogen and oxygen atoms in total. The number of carboxylic acid groups (broad SMARTS) is 1. The van der Waals surface area contributed by atoms with E-state index in [9.17, 15) is 9.59 Å². The molecule has 6 rings (SSSR count). The molecule has 0 amide bonds. The van der Waals surface area contributed by atoms with Crippen LogP contribution in [0.5, 0.6) is 11.5 Å². The fraction of sp³-hybridized carbons (Fsp3) is 0.317. The van der Waals surface area contributed by atoms with Gasteiger partial charge in [0.15, 0.2) is 5.78 Å². The van der Waals surface area contributed by atoms with Gasteiger partial charge in [-0.25, -0.2) is 0 Å². The molecule has 1 fully saturated rings. The molecule has 0 unspecified atom stereocenters. The Labute approximate surface area is 306 Å². The van der Waals surface area contributed by atoms with Gasteiger partial charge in [-0.15, -0.1) is 12.4 Å². The highest BCUT2D eigenvalue weighted by Crippen LogP contribution is 2.36. The van der Waals surface area contributed by atoms with Crippen molar-refractivity contribution in [1.82, 2.24) is 9.47 Å². The van der Waals surface area contributed by atoms with E-state index in [0.717, 1.165) is 78.4 Å². The van der Waals surface area contributed by atoms with Crippen LogP contribution in [0.4, 0.5) is 17.1 Å². The van der Waals surface area contributed by atoms with Crippen LogP contribution in [0.25, 0.3) is 10.9 Å². The molecule has 1 N–H and O–H groups in total. The number of hydrogen-bond donors (Lipinski definition) is 1. The Hall–Kier alpha value is -4.99. The zero-order valence-electron chi connectivity index (χ0n) is 29.6. The zero-order valence-corrected chi connectivity index (χ0v) is 30.4. The van der Waals surface area contributed by atoms with Gasteiger partial charge in [0.25, 0.3) is 0 Å². The van der Waals surface area contributed by atoms with E-state index in [-0.39, 0.29) is 24.6 Å². The Bertz CT molecular complexity index is 1950. The van der Waals surface area contributed by atoms with E-state index >= 15 is 0 Å². The zero-order chi connectivity index (χ0) is 35.0. The minimum Gasteiger partial charge on any atom is -0.495 e. The number of hydrogen-bond acceptors (Lipinski definition) is 7. The molecule has 0 bridgehead atoms. The van der Waals surface area contributed by atoms with Gasteiger partial charge in [0, 0.05) is 86.7 Å². The summed E-state index contributed by atoms with van der Waals surface area (Å²) >= 11 is 0. The summed E-state index contributed by atoms with van der Waals surface area (Å²) in [4.78, 5) is 32.2. The third-order valence-electron chi connectivity index (χ3n) is 9.47. The van der Waals surface area contributed by atoms with E-state index < -0.39 is 5.97 Å². The maximum Gasteiger partial charge on any atom is 0.303 e. The van der Waals surface area contributed by atoms with Crippen LogP contribution in [0, 0.1) is 6.92 Å². The topological polar surface area (TPSA) is 87.5 Å². The van der Waals surface area contributed by atoms with E-state index in [0.29, 0.717) is 36.4 Å². The minimum absolute atomic E-state index is 0. The Balaban J connectivity index is 0.00000504. The van der Waals surface area contributed by atoms with E-state index in [1.807, 2.05) is 78.5 Å². The number of halogens is 1. The number of anilines is 3. The molecule has 268 valence electrons. The molecule has 1 aliphatic rings. The summed E-state index contributed by atoms with van der Waals surface area (Å²) in [7, 11) is 3.74. The second-order valence-electron chi connectivity index (χ2n) is 12.9. The molecular weight excluding hydrogens is 664 g/mol. The number of aromatic nitrogens is 1. The molecule has 1 saturated heterocycles. The van der Waals surface area contributed by atoms with E-state index in [1.54, 1.807) is 7.11 Å². The number of methoxy groups -OCH3 is 1. The van der Waals surface area contributed by atoms with E-state index in [4.69, 9.17) is 14.6 Å². The largest absolute Gasteiger partial charge is 0.495 e. The highest BCUT2D eigenvalue weighted by atomic mass is 35.5. The maximum atomic E-state index is 14.1. The average molecular weight is 711 g/mol. The van der Waals surface area contributed by atoms with Gasteiger partial charge in [-0.1, -0.05) is 42.5 Å². The summed E-state index contributed by atoms with van der Waals surface area (Å²) in [5, 5.41) is 9.99. The number of piperazine rings is 1. The number of rotatable bonds is 15. The first kappa shape index (κ1) is 37.3. The van der Waals surface area contributed by atoms with Crippen molar-refractivity contribution in [3.63, 3.8) is 0 Å². The van der Waals surface area contributed by atoms with Crippen LogP contribution in [0.3, 0.4) is 0 Å². The second-order valence-corrected chi connectivity index (χ2v) is 12.9. The minimum atomic E-state index is -0.826. The first-order valence-electron chi connectivity index (χ1n) is 17.3. The average Bonchev–Trinajstić information content (AvgIpc) is 3.51. The highest BCUT2D eigenvalue weighted by Gasteiger charge is 2.22. The van der Waals surface area contributed by atoms with Gasteiger partial charge in [-0.2, -0.15) is 0 Å². The number of fused-ring (bicyclic) bond motifs is 1. The van der Waals surface area contributed by atoms with Crippen molar-refractivity contribution in [2.24, 2.45) is 0 Å². The number of para-hydroxylation sites is 3. The van der Waals surface area contributed by atoms with Crippen LogP contribution in [-0.4, -0.2) is 79.8 Å². The van der Waals surface area contributed by atoms with Gasteiger partial charge in [0.1, 0.15) is 11.5 Å². The number of benzene rings is 4. The lowest BCUT2D eigenvalue weighted by Crippen LogP contribution is -2.46. The van der Waals surface area contributed by atoms with Crippen molar-refractivity contribution in [2.75, 3.05) is 63.3 Å². The molecule has 51 heavy (non-hydrogen) atoms. The van der Waals surface area contributed by atoms with Gasteiger partial charge >= 0.3 is 5.97 Å². The smallest absolute Gasteiger partial charge is 0.303 e. The fourth-order valence-electron chi connectivity index (χ4n) is 6.77. The predicted molar refractivity (Wildman–Crippen MR) is 207 cm³/mol. The van der Waals surface area contributed by atoms with Gasteiger partial charge in [0.2, 0.25) is 0 Å². The van der Waals surface area contributed by atoms with Crippen molar-refractivity contribution >= 4 is 52.1 Å². The molecule has 10 heteroatoms. The second kappa shape index (κ2) is 17.3. The van der Waals surface area contributed by atoms with Crippen LogP contribution in [0.15, 0.2) is 97.2 Å². The number of carboxylic acids is 1. The van der Waals surface area contributed by atoms with Crippen LogP contribution in [0.2, 0.25) is 0 Å². The molecule has 5 aromatic rings. The van der Waals surface area contributed by atoms with Gasteiger partial charge in [-0.3, -0.25) is 14.5 Å². The Morgan fingerprint density at radius 2 is 1.61 bits per heavy atom. The van der Waals surface area contributed by atoms with Crippen molar-refractivity contribution in [2.45, 2.75) is 32.7 Å². The molecule has 1 aromatic heterocycles. The number of ether oxygens (including phenoxy) is 2. The Morgan fingerprint density at radius 3 is 2.37 bits per heavy atom. The molecule has 4 aromatic carbocycles. The third kappa shape index (κ3) is 8.85. The first-order valence-corrected chi connectivity index (χ1v) is 17.3. The lowest BCUT2D eigenvalue weighted by molar-refractivity contribution is -0.137. The number of carbonyl (C=O) groups excluding carboxylic acids is 1.